The third-order valence-corrected chi connectivity index (χ3v) is 3.55. The lowest BCUT2D eigenvalue weighted by molar-refractivity contribution is 0.632. The number of halogens is 1. The van der Waals surface area contributed by atoms with Crippen LogP contribution in [-0.4, -0.2) is 9.97 Å². The van der Waals surface area contributed by atoms with Gasteiger partial charge in [0, 0.05) is 0 Å². The standard InChI is InChI=1S/C18H12FN3/c19-14-7-3-4-8-15(14)21-18-11-20-16-9-12-5-1-2-6-13(12)10-17(16)22-18/h1-11H,(H,21,22). The Morgan fingerprint density at radius 2 is 1.50 bits per heavy atom. The molecule has 0 bridgehead atoms. The van der Waals surface area contributed by atoms with Gasteiger partial charge in [-0.15, -0.1) is 0 Å². The van der Waals surface area contributed by atoms with Crippen molar-refractivity contribution in [1.29, 1.82) is 0 Å². The number of para-hydroxylation sites is 1. The highest BCUT2D eigenvalue weighted by Crippen LogP contribution is 2.23. The fourth-order valence-corrected chi connectivity index (χ4v) is 2.46. The molecule has 0 saturated carbocycles. The van der Waals surface area contributed by atoms with Crippen molar-refractivity contribution < 1.29 is 4.39 Å². The van der Waals surface area contributed by atoms with E-state index in [1.54, 1.807) is 24.4 Å². The summed E-state index contributed by atoms with van der Waals surface area (Å²) >= 11 is 0. The summed E-state index contributed by atoms with van der Waals surface area (Å²) in [6, 6.07) is 18.6. The van der Waals surface area contributed by atoms with Crippen LogP contribution in [0.1, 0.15) is 0 Å². The van der Waals surface area contributed by atoms with Crippen molar-refractivity contribution in [1.82, 2.24) is 9.97 Å². The first-order valence-corrected chi connectivity index (χ1v) is 6.97. The van der Waals surface area contributed by atoms with Gasteiger partial charge in [-0.05, 0) is 35.0 Å². The van der Waals surface area contributed by atoms with E-state index in [-0.39, 0.29) is 5.82 Å². The van der Waals surface area contributed by atoms with E-state index in [0.717, 1.165) is 21.8 Å². The van der Waals surface area contributed by atoms with Crippen LogP contribution in [0, 0.1) is 5.82 Å². The molecule has 3 nitrogen and oxygen atoms in total. The maximum Gasteiger partial charge on any atom is 0.149 e. The second kappa shape index (κ2) is 5.07. The summed E-state index contributed by atoms with van der Waals surface area (Å²) < 4.78 is 13.7. The van der Waals surface area contributed by atoms with E-state index in [2.05, 4.69) is 15.3 Å². The molecule has 4 rings (SSSR count). The molecule has 0 saturated heterocycles. The molecule has 1 aromatic heterocycles. The van der Waals surface area contributed by atoms with E-state index in [4.69, 9.17) is 0 Å². The molecular weight excluding hydrogens is 277 g/mol. The van der Waals surface area contributed by atoms with Gasteiger partial charge in [-0.1, -0.05) is 36.4 Å². The molecule has 106 valence electrons. The second-order valence-electron chi connectivity index (χ2n) is 5.05. The Labute approximate surface area is 126 Å². The average molecular weight is 289 g/mol. The molecule has 22 heavy (non-hydrogen) atoms. The fourth-order valence-electron chi connectivity index (χ4n) is 2.46. The predicted octanol–water partition coefficient (Wildman–Crippen LogP) is 4.67. The number of anilines is 2. The van der Waals surface area contributed by atoms with Crippen LogP contribution in [-0.2, 0) is 0 Å². The first kappa shape index (κ1) is 12.7. The molecule has 0 aliphatic rings. The normalized spacial score (nSPS) is 11.0. The zero-order valence-electron chi connectivity index (χ0n) is 11.6. The van der Waals surface area contributed by atoms with E-state index < -0.39 is 0 Å². The van der Waals surface area contributed by atoms with Gasteiger partial charge >= 0.3 is 0 Å². The van der Waals surface area contributed by atoms with Gasteiger partial charge in [0.05, 0.1) is 22.9 Å². The molecule has 0 amide bonds. The molecule has 0 aliphatic heterocycles. The Morgan fingerprint density at radius 3 is 2.27 bits per heavy atom. The van der Waals surface area contributed by atoms with E-state index >= 15 is 0 Å². The maximum atomic E-state index is 13.7. The number of benzene rings is 3. The minimum absolute atomic E-state index is 0.317. The fraction of sp³-hybridized carbons (Fsp3) is 0. The zero-order chi connectivity index (χ0) is 14.9. The van der Waals surface area contributed by atoms with Crippen LogP contribution in [0.15, 0.2) is 66.9 Å². The summed E-state index contributed by atoms with van der Waals surface area (Å²) in [6.45, 7) is 0. The van der Waals surface area contributed by atoms with Gasteiger partial charge < -0.3 is 5.32 Å². The van der Waals surface area contributed by atoms with Crippen LogP contribution < -0.4 is 5.32 Å². The van der Waals surface area contributed by atoms with Gasteiger partial charge in [0.2, 0.25) is 0 Å². The van der Waals surface area contributed by atoms with Crippen LogP contribution in [0.5, 0.6) is 0 Å². The molecular formula is C18H12FN3. The summed E-state index contributed by atoms with van der Waals surface area (Å²) in [7, 11) is 0. The third-order valence-electron chi connectivity index (χ3n) is 3.55. The highest BCUT2D eigenvalue weighted by atomic mass is 19.1. The number of fused-ring (bicyclic) bond motifs is 2. The van der Waals surface area contributed by atoms with E-state index in [9.17, 15) is 4.39 Å². The third kappa shape index (κ3) is 2.24. The van der Waals surface area contributed by atoms with Gasteiger partial charge in [-0.3, -0.25) is 4.98 Å². The van der Waals surface area contributed by atoms with E-state index in [1.807, 2.05) is 36.4 Å². The van der Waals surface area contributed by atoms with E-state index in [0.29, 0.717) is 11.5 Å². The lowest BCUT2D eigenvalue weighted by Crippen LogP contribution is -1.97. The molecule has 0 aliphatic carbocycles. The monoisotopic (exact) mass is 289 g/mol. The number of nitrogens with zero attached hydrogens (tertiary/aromatic N) is 2. The number of hydrogen-bond donors (Lipinski definition) is 1. The van der Waals surface area contributed by atoms with Crippen molar-refractivity contribution in [2.75, 3.05) is 5.32 Å². The lowest BCUT2D eigenvalue weighted by atomic mass is 10.1. The van der Waals surface area contributed by atoms with Crippen LogP contribution in [0.2, 0.25) is 0 Å². The molecule has 0 atom stereocenters. The predicted molar refractivity (Wildman–Crippen MR) is 86.7 cm³/mol. The molecule has 1 N–H and O–H groups in total. The van der Waals surface area contributed by atoms with Crippen LogP contribution in [0.25, 0.3) is 21.8 Å². The van der Waals surface area contributed by atoms with Crippen molar-refractivity contribution in [2.24, 2.45) is 0 Å². The number of hydrogen-bond acceptors (Lipinski definition) is 3. The summed E-state index contributed by atoms with van der Waals surface area (Å²) in [5.41, 5.74) is 1.98. The van der Waals surface area contributed by atoms with Gasteiger partial charge in [0.1, 0.15) is 11.6 Å². The van der Waals surface area contributed by atoms with Crippen molar-refractivity contribution in [3.05, 3.63) is 72.7 Å². The van der Waals surface area contributed by atoms with Crippen LogP contribution in [0.4, 0.5) is 15.9 Å². The Kier molecular flexibility index (Phi) is 2.93. The highest BCUT2D eigenvalue weighted by molar-refractivity contribution is 5.95. The summed E-state index contributed by atoms with van der Waals surface area (Å²) in [4.78, 5) is 8.93. The average Bonchev–Trinajstić information content (AvgIpc) is 2.55. The number of rotatable bonds is 2. The SMILES string of the molecule is Fc1ccccc1Nc1cnc2cc3ccccc3cc2n1. The highest BCUT2D eigenvalue weighted by Gasteiger charge is 2.05. The van der Waals surface area contributed by atoms with Crippen LogP contribution >= 0.6 is 0 Å². The quantitative estimate of drug-likeness (QED) is 0.545. The van der Waals surface area contributed by atoms with Gasteiger partial charge in [-0.25, -0.2) is 9.37 Å². The topological polar surface area (TPSA) is 37.8 Å². The first-order valence-electron chi connectivity index (χ1n) is 6.97. The van der Waals surface area contributed by atoms with E-state index in [1.165, 1.54) is 6.07 Å². The summed E-state index contributed by atoms with van der Waals surface area (Å²) in [5, 5.41) is 5.19. The van der Waals surface area contributed by atoms with Crippen LogP contribution in [0.3, 0.4) is 0 Å². The molecule has 0 fully saturated rings. The van der Waals surface area contributed by atoms with Crippen molar-refractivity contribution in [2.45, 2.75) is 0 Å². The molecule has 3 aromatic carbocycles. The Hall–Kier alpha value is -3.01. The summed E-state index contributed by atoms with van der Waals surface area (Å²) in [5.74, 6) is 0.204. The van der Waals surface area contributed by atoms with Gasteiger partial charge in [0.25, 0.3) is 0 Å². The lowest BCUT2D eigenvalue weighted by Gasteiger charge is -2.07. The Balaban J connectivity index is 1.80. The first-order chi connectivity index (χ1) is 10.8. The molecule has 4 heteroatoms. The van der Waals surface area contributed by atoms with Gasteiger partial charge in [-0.2, -0.15) is 0 Å². The summed E-state index contributed by atoms with van der Waals surface area (Å²) in [6.07, 6.45) is 1.61. The second-order valence-corrected chi connectivity index (χ2v) is 5.05. The Bertz CT molecular complexity index is 982. The molecule has 1 heterocycles. The maximum absolute atomic E-state index is 13.7. The van der Waals surface area contributed by atoms with Crippen molar-refractivity contribution in [3.63, 3.8) is 0 Å². The molecule has 4 aromatic rings. The van der Waals surface area contributed by atoms with Gasteiger partial charge in [0.15, 0.2) is 0 Å². The van der Waals surface area contributed by atoms with Crippen molar-refractivity contribution in [3.8, 4) is 0 Å². The number of nitrogens with one attached hydrogen (secondary N) is 1. The Morgan fingerprint density at radius 1 is 0.818 bits per heavy atom. The molecule has 0 spiro atoms. The largest absolute Gasteiger partial charge is 0.337 e. The molecule has 0 unspecified atom stereocenters. The minimum atomic E-state index is -0.317. The smallest absolute Gasteiger partial charge is 0.149 e. The molecule has 0 radical (unpaired) electrons. The van der Waals surface area contributed by atoms with Crippen molar-refractivity contribution >= 4 is 33.3 Å². The zero-order valence-corrected chi connectivity index (χ0v) is 11.6. The minimum Gasteiger partial charge on any atom is -0.337 e. The number of aromatic nitrogens is 2.